The Hall–Kier alpha value is -2.63. The number of hydrogen-bond donors (Lipinski definition) is 0. The van der Waals surface area contributed by atoms with Gasteiger partial charge in [0.2, 0.25) is 5.91 Å². The number of aryl methyl sites for hydroxylation is 1. The van der Waals surface area contributed by atoms with E-state index in [1.54, 1.807) is 16.9 Å². The molecule has 0 N–H and O–H groups in total. The molecule has 0 bridgehead atoms. The highest BCUT2D eigenvalue weighted by molar-refractivity contribution is 5.93. The Morgan fingerprint density at radius 2 is 1.80 bits per heavy atom. The van der Waals surface area contributed by atoms with Gasteiger partial charge in [0, 0.05) is 31.9 Å². The number of rotatable bonds is 4. The van der Waals surface area contributed by atoms with Crippen molar-refractivity contribution in [2.45, 2.75) is 64.1 Å². The third-order valence-corrected chi connectivity index (χ3v) is 7.45. The summed E-state index contributed by atoms with van der Waals surface area (Å²) in [5, 5.41) is 4.23. The molecule has 158 valence electrons. The van der Waals surface area contributed by atoms with Crippen molar-refractivity contribution in [1.29, 1.82) is 0 Å². The number of hydrogen-bond acceptors (Lipinski definition) is 3. The van der Waals surface area contributed by atoms with Crippen LogP contribution in [0.5, 0.6) is 0 Å². The lowest BCUT2D eigenvalue weighted by atomic mass is 9.65. The van der Waals surface area contributed by atoms with Gasteiger partial charge in [0.15, 0.2) is 0 Å². The number of aromatic nitrogens is 2. The lowest BCUT2D eigenvalue weighted by Crippen LogP contribution is -2.66. The van der Waals surface area contributed by atoms with Crippen molar-refractivity contribution in [2.75, 3.05) is 13.1 Å². The Labute approximate surface area is 177 Å². The van der Waals surface area contributed by atoms with E-state index in [1.807, 2.05) is 17.9 Å². The second kappa shape index (κ2) is 7.56. The summed E-state index contributed by atoms with van der Waals surface area (Å²) in [6.45, 7) is 4.06. The molecule has 1 aliphatic carbocycles. The van der Waals surface area contributed by atoms with Crippen LogP contribution in [-0.4, -0.2) is 50.5 Å². The zero-order chi connectivity index (χ0) is 20.7. The second-order valence-electron chi connectivity index (χ2n) is 8.94. The standard InChI is InChI=1S/C24H30N4O2/c1-2-27-20(10-15-25-27)22(29)26-16-11-19(12-17-26)28-21(18-8-4-3-5-9-18)24(23(28)30)13-6-7-14-24/h3-5,8-10,15,19,21H,2,6-7,11-14,16-17H2,1H3. The molecule has 1 saturated carbocycles. The Morgan fingerprint density at radius 1 is 1.10 bits per heavy atom. The van der Waals surface area contributed by atoms with Crippen LogP contribution in [0, 0.1) is 5.41 Å². The highest BCUT2D eigenvalue weighted by Gasteiger charge is 2.63. The van der Waals surface area contributed by atoms with E-state index in [0.29, 0.717) is 31.2 Å². The Morgan fingerprint density at radius 3 is 2.47 bits per heavy atom. The van der Waals surface area contributed by atoms with Gasteiger partial charge in [-0.25, -0.2) is 0 Å². The van der Waals surface area contributed by atoms with E-state index in [0.717, 1.165) is 38.5 Å². The van der Waals surface area contributed by atoms with Gasteiger partial charge < -0.3 is 9.80 Å². The monoisotopic (exact) mass is 406 g/mol. The number of β-lactam (4-membered cyclic amide) rings is 1. The smallest absolute Gasteiger partial charge is 0.272 e. The summed E-state index contributed by atoms with van der Waals surface area (Å²) in [6.07, 6.45) is 7.71. The van der Waals surface area contributed by atoms with Gasteiger partial charge in [0.05, 0.1) is 11.5 Å². The zero-order valence-corrected chi connectivity index (χ0v) is 17.7. The van der Waals surface area contributed by atoms with E-state index in [4.69, 9.17) is 0 Å². The SMILES string of the molecule is CCn1nccc1C(=O)N1CCC(N2C(=O)C3(CCCC3)C2c2ccccc2)CC1. The van der Waals surface area contributed by atoms with Crippen molar-refractivity contribution in [1.82, 2.24) is 19.6 Å². The van der Waals surface area contributed by atoms with Crippen LogP contribution in [0.1, 0.15) is 67.5 Å². The quantitative estimate of drug-likeness (QED) is 0.728. The molecule has 1 aromatic heterocycles. The lowest BCUT2D eigenvalue weighted by molar-refractivity contribution is -0.180. The van der Waals surface area contributed by atoms with Crippen molar-refractivity contribution in [2.24, 2.45) is 5.41 Å². The largest absolute Gasteiger partial charge is 0.337 e. The van der Waals surface area contributed by atoms with Gasteiger partial charge in [-0.3, -0.25) is 14.3 Å². The fourth-order valence-electron chi connectivity index (χ4n) is 5.95. The number of carbonyl (C=O) groups is 2. The topological polar surface area (TPSA) is 58.4 Å². The number of likely N-dealkylation sites (tertiary alicyclic amines) is 2. The van der Waals surface area contributed by atoms with E-state index >= 15 is 0 Å². The predicted molar refractivity (Wildman–Crippen MR) is 114 cm³/mol. The van der Waals surface area contributed by atoms with Gasteiger partial charge in [-0.05, 0) is 44.2 Å². The molecule has 1 atom stereocenters. The Bertz CT molecular complexity index is 924. The van der Waals surface area contributed by atoms with Crippen molar-refractivity contribution >= 4 is 11.8 Å². The summed E-state index contributed by atoms with van der Waals surface area (Å²) < 4.78 is 1.75. The minimum absolute atomic E-state index is 0.0506. The first kappa shape index (κ1) is 19.3. The van der Waals surface area contributed by atoms with Gasteiger partial charge in [0.25, 0.3) is 5.91 Å². The molecule has 30 heavy (non-hydrogen) atoms. The van der Waals surface area contributed by atoms with Crippen LogP contribution in [0.25, 0.3) is 0 Å². The Balaban J connectivity index is 1.32. The summed E-state index contributed by atoms with van der Waals surface area (Å²) in [7, 11) is 0. The van der Waals surface area contributed by atoms with Crippen molar-refractivity contribution in [3.05, 3.63) is 53.9 Å². The summed E-state index contributed by atoms with van der Waals surface area (Å²) >= 11 is 0. The molecule has 1 spiro atoms. The van der Waals surface area contributed by atoms with Gasteiger partial charge in [-0.1, -0.05) is 43.2 Å². The Kier molecular flexibility index (Phi) is 4.88. The maximum Gasteiger partial charge on any atom is 0.272 e. The molecule has 6 heteroatoms. The van der Waals surface area contributed by atoms with Gasteiger partial charge in [-0.15, -0.1) is 0 Å². The van der Waals surface area contributed by atoms with E-state index in [2.05, 4.69) is 34.3 Å². The summed E-state index contributed by atoms with van der Waals surface area (Å²) in [5.41, 5.74) is 1.74. The molecule has 2 aromatic rings. The van der Waals surface area contributed by atoms with E-state index < -0.39 is 0 Å². The minimum Gasteiger partial charge on any atom is -0.337 e. The normalized spacial score (nSPS) is 23.8. The molecule has 2 amide bonds. The number of amides is 2. The summed E-state index contributed by atoms with van der Waals surface area (Å²) in [6, 6.07) is 12.8. The first-order valence-corrected chi connectivity index (χ1v) is 11.3. The third kappa shape index (κ3) is 2.88. The van der Waals surface area contributed by atoms with Crippen molar-refractivity contribution in [3.63, 3.8) is 0 Å². The van der Waals surface area contributed by atoms with E-state index in [1.165, 1.54) is 5.56 Å². The number of benzene rings is 1. The van der Waals surface area contributed by atoms with Crippen LogP contribution in [-0.2, 0) is 11.3 Å². The third-order valence-electron chi connectivity index (χ3n) is 7.45. The maximum absolute atomic E-state index is 13.4. The minimum atomic E-state index is -0.179. The molecule has 1 unspecified atom stereocenters. The van der Waals surface area contributed by atoms with Crippen LogP contribution in [0.4, 0.5) is 0 Å². The fourth-order valence-corrected chi connectivity index (χ4v) is 5.95. The summed E-state index contributed by atoms with van der Waals surface area (Å²) in [4.78, 5) is 30.4. The van der Waals surface area contributed by atoms with Crippen molar-refractivity contribution in [3.8, 4) is 0 Å². The molecular weight excluding hydrogens is 376 g/mol. The molecule has 3 fully saturated rings. The molecule has 5 rings (SSSR count). The van der Waals surface area contributed by atoms with E-state index in [-0.39, 0.29) is 23.4 Å². The second-order valence-corrected chi connectivity index (χ2v) is 8.94. The molecular formula is C24H30N4O2. The number of carbonyl (C=O) groups excluding carboxylic acids is 2. The first-order chi connectivity index (χ1) is 14.7. The average molecular weight is 407 g/mol. The van der Waals surface area contributed by atoms with Crippen LogP contribution in [0.2, 0.25) is 0 Å². The molecule has 2 aliphatic heterocycles. The van der Waals surface area contributed by atoms with Gasteiger partial charge >= 0.3 is 0 Å². The molecule has 0 radical (unpaired) electrons. The van der Waals surface area contributed by atoms with Crippen molar-refractivity contribution < 1.29 is 9.59 Å². The van der Waals surface area contributed by atoms with Crippen LogP contribution < -0.4 is 0 Å². The predicted octanol–water partition coefficient (Wildman–Crippen LogP) is 3.65. The number of piperidine rings is 1. The maximum atomic E-state index is 13.4. The van der Waals surface area contributed by atoms with Gasteiger partial charge in [0.1, 0.15) is 5.69 Å². The average Bonchev–Trinajstić information content (AvgIpc) is 3.48. The zero-order valence-electron chi connectivity index (χ0n) is 17.7. The first-order valence-electron chi connectivity index (χ1n) is 11.3. The van der Waals surface area contributed by atoms with Gasteiger partial charge in [-0.2, -0.15) is 5.10 Å². The lowest BCUT2D eigenvalue weighted by Gasteiger charge is -2.59. The van der Waals surface area contributed by atoms with Crippen LogP contribution >= 0.6 is 0 Å². The summed E-state index contributed by atoms with van der Waals surface area (Å²) in [5.74, 6) is 0.400. The van der Waals surface area contributed by atoms with Crippen LogP contribution in [0.3, 0.4) is 0 Å². The molecule has 1 aromatic carbocycles. The molecule has 6 nitrogen and oxygen atoms in total. The fraction of sp³-hybridized carbons (Fsp3) is 0.542. The molecule has 3 aliphatic rings. The highest BCUT2D eigenvalue weighted by Crippen LogP contribution is 2.60. The van der Waals surface area contributed by atoms with Crippen LogP contribution in [0.15, 0.2) is 42.6 Å². The van der Waals surface area contributed by atoms with E-state index in [9.17, 15) is 9.59 Å². The number of nitrogens with zero attached hydrogens (tertiary/aromatic N) is 4. The highest BCUT2D eigenvalue weighted by atomic mass is 16.2. The molecule has 3 heterocycles. The molecule has 2 saturated heterocycles.